The normalized spacial score (nSPS) is 11.7. The lowest BCUT2D eigenvalue weighted by molar-refractivity contribution is -0.139. The molecular weight excluding hydrogens is 398 g/mol. The van der Waals surface area contributed by atoms with E-state index in [1.54, 1.807) is 28.3 Å². The van der Waals surface area contributed by atoms with Gasteiger partial charge in [0, 0.05) is 19.3 Å². The second-order valence-corrected chi connectivity index (χ2v) is 9.09. The van der Waals surface area contributed by atoms with E-state index >= 15 is 0 Å². The van der Waals surface area contributed by atoms with Crippen LogP contribution in [0.5, 0.6) is 0 Å². The highest BCUT2D eigenvalue weighted by Crippen LogP contribution is 2.49. The Bertz CT molecular complexity index is 468. The Kier molecular flexibility index (Phi) is 16.8. The third-order valence-electron chi connectivity index (χ3n) is 4.21. The van der Waals surface area contributed by atoms with E-state index in [-0.39, 0.29) is 7.40 Å². The van der Waals surface area contributed by atoms with Crippen LogP contribution >= 0.6 is 10.9 Å². The summed E-state index contributed by atoms with van der Waals surface area (Å²) in [6.07, 6.45) is 7.42. The van der Waals surface area contributed by atoms with Crippen LogP contribution in [0.2, 0.25) is 0 Å². The fourth-order valence-electron chi connectivity index (χ4n) is 2.49. The van der Waals surface area contributed by atoms with Crippen molar-refractivity contribution in [1.82, 2.24) is 5.32 Å². The van der Waals surface area contributed by atoms with Crippen LogP contribution in [0.4, 0.5) is 4.79 Å². The molecule has 0 radical (unpaired) electrons. The Hall–Kier alpha value is -1.29. The van der Waals surface area contributed by atoms with E-state index in [9.17, 15) is 9.59 Å². The van der Waals surface area contributed by atoms with Crippen molar-refractivity contribution in [2.75, 3.05) is 46.8 Å². The van der Waals surface area contributed by atoms with E-state index in [4.69, 9.17) is 22.0 Å². The first-order chi connectivity index (χ1) is 13.9. The quantitative estimate of drug-likeness (QED) is 0.188. The van der Waals surface area contributed by atoms with Crippen LogP contribution in [0, 0.1) is 0 Å². The molecule has 0 fully saturated rings. The van der Waals surface area contributed by atoms with Gasteiger partial charge < -0.3 is 14.8 Å². The Labute approximate surface area is 179 Å². The number of hydrogen-bond donors (Lipinski definition) is 1. The fraction of sp³-hybridized carbons (Fsp3) is 0.800. The summed E-state index contributed by atoms with van der Waals surface area (Å²) in [6.45, 7) is 6.55. The van der Waals surface area contributed by atoms with E-state index in [1.807, 2.05) is 0 Å². The molecule has 0 aliphatic carbocycles. The Balaban J connectivity index is 0. The average Bonchev–Trinajstić information content (AvgIpc) is 2.72. The molecule has 0 saturated heterocycles. The molecule has 0 aromatic carbocycles. The van der Waals surface area contributed by atoms with Gasteiger partial charge in [0.25, 0.3) is 0 Å². The number of alkyl carbamates (subject to hydrolysis) is 1. The van der Waals surface area contributed by atoms with Crippen LogP contribution in [0.25, 0.3) is 0 Å². The van der Waals surface area contributed by atoms with E-state index in [0.29, 0.717) is 37.5 Å². The van der Waals surface area contributed by atoms with Crippen molar-refractivity contribution < 1.29 is 33.0 Å². The fourth-order valence-corrected chi connectivity index (χ4v) is 3.89. The lowest BCUT2D eigenvalue weighted by atomic mass is 10.1. The number of ether oxygens (including phenoxy) is 2. The predicted octanol–water partition coefficient (Wildman–Crippen LogP) is 4.69. The van der Waals surface area contributed by atoms with Gasteiger partial charge in [-0.25, -0.2) is 9.59 Å². The second-order valence-electron chi connectivity index (χ2n) is 6.57. The second kappa shape index (κ2) is 17.6. The van der Waals surface area contributed by atoms with E-state index in [1.165, 1.54) is 0 Å². The highest BCUT2D eigenvalue weighted by Gasteiger charge is 2.22. The molecule has 174 valence electrons. The molecule has 0 saturated carbocycles. The summed E-state index contributed by atoms with van der Waals surface area (Å²) in [5, 5.41) is 2.72. The van der Waals surface area contributed by atoms with Crippen molar-refractivity contribution in [3.05, 3.63) is 12.2 Å². The molecule has 9 heteroatoms. The molecule has 8 nitrogen and oxygen atoms in total. The van der Waals surface area contributed by atoms with E-state index in [0.717, 1.165) is 44.9 Å². The molecule has 0 atom stereocenters. The minimum Gasteiger partial charge on any atom is -0.462 e. The molecule has 29 heavy (non-hydrogen) atoms. The largest absolute Gasteiger partial charge is 0.462 e. The van der Waals surface area contributed by atoms with Gasteiger partial charge in [-0.05, 0) is 26.2 Å². The monoisotopic (exact) mass is 439 g/mol. The smallest absolute Gasteiger partial charge is 0.407 e. The van der Waals surface area contributed by atoms with Gasteiger partial charge in [-0.15, -0.1) is 0 Å². The van der Waals surface area contributed by atoms with E-state index < -0.39 is 17.0 Å². The van der Waals surface area contributed by atoms with E-state index in [2.05, 4.69) is 11.9 Å². The van der Waals surface area contributed by atoms with Crippen LogP contribution in [0.1, 0.15) is 59.7 Å². The molecule has 0 aliphatic heterocycles. The number of nitrogens with one attached hydrogen (secondary N) is 1. The van der Waals surface area contributed by atoms with Crippen molar-refractivity contribution in [3.63, 3.8) is 0 Å². The zero-order valence-corrected chi connectivity index (χ0v) is 19.3. The van der Waals surface area contributed by atoms with Crippen molar-refractivity contribution in [2.45, 2.75) is 58.3 Å². The number of unbranched alkanes of at least 4 members (excludes halogenated alkanes) is 6. The van der Waals surface area contributed by atoms with Crippen LogP contribution in [0.3, 0.4) is 0 Å². The number of carbonyl (C=O) groups excluding carboxylic acids is 2. The molecule has 0 aromatic rings. The summed E-state index contributed by atoms with van der Waals surface area (Å²) >= 11 is 0. The van der Waals surface area contributed by atoms with Gasteiger partial charge in [0.05, 0.1) is 45.4 Å². The predicted molar refractivity (Wildman–Crippen MR) is 118 cm³/mol. The molecular formula is C20H41NO7S. The van der Waals surface area contributed by atoms with Crippen LogP contribution in [-0.4, -0.2) is 58.9 Å². The zero-order chi connectivity index (χ0) is 22.0. The molecule has 1 N–H and O–H groups in total. The van der Waals surface area contributed by atoms with Crippen molar-refractivity contribution in [2.24, 2.45) is 0 Å². The van der Waals surface area contributed by atoms with Gasteiger partial charge in [-0.2, -0.15) is 0 Å². The van der Waals surface area contributed by atoms with Gasteiger partial charge in [0.2, 0.25) is 0 Å². The highest BCUT2D eigenvalue weighted by atomic mass is 32.3. The van der Waals surface area contributed by atoms with Gasteiger partial charge >= 0.3 is 12.1 Å². The van der Waals surface area contributed by atoms with Gasteiger partial charge in [-0.3, -0.25) is 12.5 Å². The highest BCUT2D eigenvalue weighted by molar-refractivity contribution is 8.21. The van der Waals surface area contributed by atoms with Crippen LogP contribution in [-0.2, 0) is 26.8 Å². The third-order valence-corrected chi connectivity index (χ3v) is 6.52. The first kappa shape index (κ1) is 27.7. The molecule has 0 spiro atoms. The standard InChI is InChI=1S/C20H39NO7S.H2/c1-18(2)19(22)27-15-11-9-7-6-8-10-12-16-28-20(23)21-14-13-17-29(24-3,25-4)26-5;/h1,6-17H2,2-5H3,(H,21,23);1H. The maximum atomic E-state index is 11.6. The summed E-state index contributed by atoms with van der Waals surface area (Å²) in [5.41, 5.74) is 0.437. The van der Waals surface area contributed by atoms with Crippen LogP contribution in [0.15, 0.2) is 12.2 Å². The maximum Gasteiger partial charge on any atom is 0.407 e. The Morgan fingerprint density at radius 2 is 1.31 bits per heavy atom. The number of rotatable bonds is 18. The summed E-state index contributed by atoms with van der Waals surface area (Å²) in [5.74, 6) is 0.260. The zero-order valence-electron chi connectivity index (χ0n) is 18.5. The lowest BCUT2D eigenvalue weighted by Crippen LogP contribution is -2.27. The number of esters is 1. The third kappa shape index (κ3) is 14.4. The number of carbonyl (C=O) groups is 2. The molecule has 0 aliphatic rings. The molecule has 1 amide bonds. The van der Waals surface area contributed by atoms with Gasteiger partial charge in [0.15, 0.2) is 0 Å². The first-order valence-corrected chi connectivity index (χ1v) is 11.7. The summed E-state index contributed by atoms with van der Waals surface area (Å²) in [6, 6.07) is 0. The lowest BCUT2D eigenvalue weighted by Gasteiger charge is -2.33. The van der Waals surface area contributed by atoms with Crippen LogP contribution < -0.4 is 5.32 Å². The summed E-state index contributed by atoms with van der Waals surface area (Å²) < 4.78 is 26.0. The average molecular weight is 440 g/mol. The molecule has 0 rings (SSSR count). The number of hydrogen-bond acceptors (Lipinski definition) is 7. The molecule has 0 bridgehead atoms. The maximum absolute atomic E-state index is 11.6. The minimum absolute atomic E-state index is 0. The summed E-state index contributed by atoms with van der Waals surface area (Å²) in [7, 11) is 2.67. The molecule has 0 aromatic heterocycles. The Morgan fingerprint density at radius 3 is 1.79 bits per heavy atom. The molecule has 0 unspecified atom stereocenters. The van der Waals surface area contributed by atoms with Crippen molar-refractivity contribution in [1.29, 1.82) is 0 Å². The first-order valence-electron chi connectivity index (χ1n) is 10.1. The van der Waals surface area contributed by atoms with Gasteiger partial charge in [0.1, 0.15) is 0 Å². The Morgan fingerprint density at radius 1 is 0.828 bits per heavy atom. The summed E-state index contributed by atoms with van der Waals surface area (Å²) in [4.78, 5) is 22.8. The number of amides is 1. The van der Waals surface area contributed by atoms with Crippen molar-refractivity contribution in [3.8, 4) is 0 Å². The van der Waals surface area contributed by atoms with Gasteiger partial charge in [-0.1, -0.05) is 38.7 Å². The molecule has 0 heterocycles. The SMILES string of the molecule is C=C(C)C(=O)OCCCCCCCCCOC(=O)NCCCS(OC)(OC)OC.[HH]. The van der Waals surface area contributed by atoms with Crippen molar-refractivity contribution >= 4 is 22.9 Å². The minimum atomic E-state index is -1.97. The topological polar surface area (TPSA) is 92.3 Å².